The smallest absolute Gasteiger partial charge is 0.0486 e. The molecule has 0 aliphatic carbocycles. The van der Waals surface area contributed by atoms with Gasteiger partial charge in [-0.2, -0.15) is 0 Å². The summed E-state index contributed by atoms with van der Waals surface area (Å²) >= 11 is 6.05. The molecule has 1 heterocycles. The van der Waals surface area contributed by atoms with E-state index < -0.39 is 0 Å². The second-order valence-corrected chi connectivity index (χ2v) is 5.39. The zero-order chi connectivity index (χ0) is 13.9. The lowest BCUT2D eigenvalue weighted by Gasteiger charge is -2.08. The topological polar surface area (TPSA) is 17.0 Å². The van der Waals surface area contributed by atoms with Gasteiger partial charge in [-0.05, 0) is 42.4 Å². The number of fused-ring (bicyclic) bond motifs is 1. The Morgan fingerprint density at radius 3 is 2.75 bits per heavy atom. The predicted octanol–water partition coefficient (Wildman–Crippen LogP) is 4.06. The molecule has 0 aliphatic heterocycles. The molecule has 3 rings (SSSR count). The molecule has 2 nitrogen and oxygen atoms in total. The molecule has 0 radical (unpaired) electrons. The number of aromatic nitrogens is 1. The van der Waals surface area contributed by atoms with E-state index in [1.807, 2.05) is 25.2 Å². The molecular weight excluding hydrogens is 268 g/mol. The Hall–Kier alpha value is -1.77. The van der Waals surface area contributed by atoms with Crippen molar-refractivity contribution in [2.75, 3.05) is 7.05 Å². The highest BCUT2D eigenvalue weighted by atomic mass is 35.5. The summed E-state index contributed by atoms with van der Waals surface area (Å²) in [6.45, 7) is 1.73. The van der Waals surface area contributed by atoms with E-state index >= 15 is 0 Å². The van der Waals surface area contributed by atoms with Crippen LogP contribution in [-0.4, -0.2) is 11.6 Å². The Morgan fingerprint density at radius 2 is 1.95 bits per heavy atom. The largest absolute Gasteiger partial charge is 0.343 e. The summed E-state index contributed by atoms with van der Waals surface area (Å²) in [6.07, 6.45) is 2.14. The minimum absolute atomic E-state index is 0.787. The molecule has 20 heavy (non-hydrogen) atoms. The summed E-state index contributed by atoms with van der Waals surface area (Å²) in [4.78, 5) is 0. The number of rotatable bonds is 4. The summed E-state index contributed by atoms with van der Waals surface area (Å²) in [5.74, 6) is 0. The van der Waals surface area contributed by atoms with Crippen molar-refractivity contribution in [2.24, 2.45) is 0 Å². The SMILES string of the molecule is CNCc1cccc2c1ccn2Cc1cccc(Cl)c1. The predicted molar refractivity (Wildman–Crippen MR) is 85.3 cm³/mol. The molecule has 0 fully saturated rings. The van der Waals surface area contributed by atoms with E-state index in [1.54, 1.807) is 0 Å². The van der Waals surface area contributed by atoms with E-state index in [0.717, 1.165) is 18.1 Å². The summed E-state index contributed by atoms with van der Waals surface area (Å²) in [7, 11) is 1.97. The number of nitrogens with one attached hydrogen (secondary N) is 1. The van der Waals surface area contributed by atoms with Crippen molar-refractivity contribution in [3.8, 4) is 0 Å². The molecule has 0 saturated heterocycles. The molecule has 1 N–H and O–H groups in total. The second kappa shape index (κ2) is 5.70. The van der Waals surface area contributed by atoms with E-state index in [9.17, 15) is 0 Å². The Kier molecular flexibility index (Phi) is 3.77. The van der Waals surface area contributed by atoms with E-state index in [1.165, 1.54) is 22.0 Å². The quantitative estimate of drug-likeness (QED) is 0.764. The Bertz CT molecular complexity index is 731. The van der Waals surface area contributed by atoms with Gasteiger partial charge in [0.15, 0.2) is 0 Å². The summed E-state index contributed by atoms with van der Waals surface area (Å²) in [6, 6.07) is 16.7. The molecular formula is C17H17ClN2. The average molecular weight is 285 g/mol. The molecule has 0 bridgehead atoms. The zero-order valence-corrected chi connectivity index (χ0v) is 12.2. The average Bonchev–Trinajstić information content (AvgIpc) is 2.84. The van der Waals surface area contributed by atoms with Crippen molar-refractivity contribution in [3.63, 3.8) is 0 Å². The third-order valence-corrected chi connectivity index (χ3v) is 3.75. The molecule has 0 spiro atoms. The highest BCUT2D eigenvalue weighted by Crippen LogP contribution is 2.22. The minimum Gasteiger partial charge on any atom is -0.343 e. The van der Waals surface area contributed by atoms with Crippen LogP contribution in [0.4, 0.5) is 0 Å². The standard InChI is InChI=1S/C17H17ClN2/c1-19-11-14-5-3-7-17-16(14)8-9-20(17)12-13-4-2-6-15(18)10-13/h2-10,19H,11-12H2,1H3. The molecule has 3 heteroatoms. The van der Waals surface area contributed by atoms with E-state index in [4.69, 9.17) is 11.6 Å². The van der Waals surface area contributed by atoms with E-state index in [0.29, 0.717) is 0 Å². The van der Waals surface area contributed by atoms with Crippen molar-refractivity contribution in [2.45, 2.75) is 13.1 Å². The van der Waals surface area contributed by atoms with Crippen molar-refractivity contribution >= 4 is 22.5 Å². The lowest BCUT2D eigenvalue weighted by atomic mass is 10.1. The van der Waals surface area contributed by atoms with Crippen molar-refractivity contribution in [3.05, 3.63) is 70.9 Å². The first kappa shape index (κ1) is 13.2. The van der Waals surface area contributed by atoms with Crippen molar-refractivity contribution in [1.82, 2.24) is 9.88 Å². The van der Waals surface area contributed by atoms with Crippen LogP contribution in [0.2, 0.25) is 5.02 Å². The van der Waals surface area contributed by atoms with Crippen LogP contribution in [0.1, 0.15) is 11.1 Å². The van der Waals surface area contributed by atoms with Crippen LogP contribution in [0.3, 0.4) is 0 Å². The van der Waals surface area contributed by atoms with E-state index in [-0.39, 0.29) is 0 Å². The third kappa shape index (κ3) is 2.58. The number of benzene rings is 2. The minimum atomic E-state index is 0.787. The lowest BCUT2D eigenvalue weighted by molar-refractivity contribution is 0.821. The normalized spacial score (nSPS) is 11.1. The molecule has 0 saturated carbocycles. The Labute approximate surface area is 124 Å². The van der Waals surface area contributed by atoms with Gasteiger partial charge in [0, 0.05) is 35.2 Å². The van der Waals surface area contributed by atoms with Crippen LogP contribution in [0.25, 0.3) is 10.9 Å². The monoisotopic (exact) mass is 284 g/mol. The van der Waals surface area contributed by atoms with Gasteiger partial charge in [0.2, 0.25) is 0 Å². The summed E-state index contributed by atoms with van der Waals surface area (Å²) in [5, 5.41) is 5.31. The van der Waals surface area contributed by atoms with Crippen LogP contribution in [0, 0.1) is 0 Å². The van der Waals surface area contributed by atoms with Gasteiger partial charge in [0.05, 0.1) is 0 Å². The maximum Gasteiger partial charge on any atom is 0.0486 e. The van der Waals surface area contributed by atoms with Gasteiger partial charge < -0.3 is 9.88 Å². The number of halogens is 1. The summed E-state index contributed by atoms with van der Waals surface area (Å²) in [5.41, 5.74) is 3.81. The maximum atomic E-state index is 6.05. The molecule has 0 atom stereocenters. The van der Waals surface area contributed by atoms with Crippen LogP contribution in [0.5, 0.6) is 0 Å². The Morgan fingerprint density at radius 1 is 1.10 bits per heavy atom. The highest BCUT2D eigenvalue weighted by molar-refractivity contribution is 6.30. The molecule has 1 aromatic heterocycles. The van der Waals surface area contributed by atoms with Crippen LogP contribution in [-0.2, 0) is 13.1 Å². The molecule has 3 aromatic rings. The van der Waals surface area contributed by atoms with Gasteiger partial charge in [-0.25, -0.2) is 0 Å². The van der Waals surface area contributed by atoms with Crippen molar-refractivity contribution in [1.29, 1.82) is 0 Å². The van der Waals surface area contributed by atoms with Gasteiger partial charge in [-0.1, -0.05) is 35.9 Å². The van der Waals surface area contributed by atoms with Crippen molar-refractivity contribution < 1.29 is 0 Å². The van der Waals surface area contributed by atoms with Gasteiger partial charge in [0.1, 0.15) is 0 Å². The summed E-state index contributed by atoms with van der Waals surface area (Å²) < 4.78 is 2.26. The molecule has 0 amide bonds. The number of hydrogen-bond donors (Lipinski definition) is 1. The molecule has 0 unspecified atom stereocenters. The fourth-order valence-electron chi connectivity index (χ4n) is 2.60. The number of nitrogens with zero attached hydrogens (tertiary/aromatic N) is 1. The molecule has 2 aromatic carbocycles. The van der Waals surface area contributed by atoms with Crippen LogP contribution < -0.4 is 5.32 Å². The van der Waals surface area contributed by atoms with Gasteiger partial charge in [-0.3, -0.25) is 0 Å². The maximum absolute atomic E-state index is 6.05. The fourth-order valence-corrected chi connectivity index (χ4v) is 2.81. The number of hydrogen-bond acceptors (Lipinski definition) is 1. The third-order valence-electron chi connectivity index (χ3n) is 3.51. The van der Waals surface area contributed by atoms with E-state index in [2.05, 4.69) is 46.4 Å². The second-order valence-electron chi connectivity index (χ2n) is 4.95. The van der Waals surface area contributed by atoms with Gasteiger partial charge in [-0.15, -0.1) is 0 Å². The zero-order valence-electron chi connectivity index (χ0n) is 11.4. The van der Waals surface area contributed by atoms with Gasteiger partial charge >= 0.3 is 0 Å². The first-order valence-corrected chi connectivity index (χ1v) is 7.11. The van der Waals surface area contributed by atoms with Crippen LogP contribution >= 0.6 is 11.6 Å². The first-order valence-electron chi connectivity index (χ1n) is 6.74. The molecule has 102 valence electrons. The first-order chi connectivity index (χ1) is 9.78. The fraction of sp³-hybridized carbons (Fsp3) is 0.176. The molecule has 0 aliphatic rings. The lowest BCUT2D eigenvalue weighted by Crippen LogP contribution is -2.05. The van der Waals surface area contributed by atoms with Gasteiger partial charge in [0.25, 0.3) is 0 Å². The Balaban J connectivity index is 1.98. The van der Waals surface area contributed by atoms with Crippen LogP contribution in [0.15, 0.2) is 54.7 Å². The highest BCUT2D eigenvalue weighted by Gasteiger charge is 2.05.